The Kier molecular flexibility index (Phi) is 5.19. The van der Waals surface area contributed by atoms with Gasteiger partial charge in [0.15, 0.2) is 11.4 Å². The molecule has 5 heteroatoms. The molecule has 0 saturated carbocycles. The minimum atomic E-state index is -1.91. The third-order valence-electron chi connectivity index (χ3n) is 6.22. The zero-order valence-electron chi connectivity index (χ0n) is 18.2. The summed E-state index contributed by atoms with van der Waals surface area (Å²) in [6.45, 7) is 0.305. The van der Waals surface area contributed by atoms with Gasteiger partial charge in [0, 0.05) is 11.1 Å². The number of carbonyl (C=O) groups is 2. The second-order valence-corrected chi connectivity index (χ2v) is 8.28. The van der Waals surface area contributed by atoms with Crippen LogP contribution in [0.4, 0.5) is 5.69 Å². The van der Waals surface area contributed by atoms with E-state index in [4.69, 9.17) is 4.74 Å². The highest BCUT2D eigenvalue weighted by Gasteiger charge is 2.50. The summed E-state index contributed by atoms with van der Waals surface area (Å²) < 4.78 is 5.14. The van der Waals surface area contributed by atoms with Crippen molar-refractivity contribution in [2.75, 3.05) is 12.0 Å². The minimum absolute atomic E-state index is 0.305. The second-order valence-electron chi connectivity index (χ2n) is 8.28. The lowest BCUT2D eigenvalue weighted by Crippen LogP contribution is -2.41. The highest BCUT2D eigenvalue weighted by atomic mass is 16.5. The normalized spacial score (nSPS) is 17.3. The molecule has 0 saturated heterocycles. The number of ketones is 1. The fraction of sp³-hybridized carbons (Fsp3) is 0.143. The van der Waals surface area contributed by atoms with Crippen LogP contribution in [0.25, 0.3) is 10.8 Å². The number of nitrogens with zero attached hydrogens (tertiary/aromatic N) is 1. The Hall–Kier alpha value is -3.96. The highest BCUT2D eigenvalue weighted by Crippen LogP contribution is 2.43. The van der Waals surface area contributed by atoms with E-state index >= 15 is 0 Å². The summed E-state index contributed by atoms with van der Waals surface area (Å²) in [6.07, 6.45) is -0.330. The number of ether oxygens (including phenoxy) is 1. The summed E-state index contributed by atoms with van der Waals surface area (Å²) in [5, 5.41) is 13.7. The van der Waals surface area contributed by atoms with Gasteiger partial charge in [-0.3, -0.25) is 9.59 Å². The average Bonchev–Trinajstić information content (AvgIpc) is 3.06. The predicted octanol–water partition coefficient (Wildman–Crippen LogP) is 4.86. The van der Waals surface area contributed by atoms with Crippen molar-refractivity contribution in [1.29, 1.82) is 0 Å². The molecule has 5 rings (SSSR count). The molecule has 1 aliphatic heterocycles. The van der Waals surface area contributed by atoms with Crippen molar-refractivity contribution in [1.82, 2.24) is 0 Å². The summed E-state index contributed by atoms with van der Waals surface area (Å²) in [5.41, 5.74) is 0.535. The van der Waals surface area contributed by atoms with Crippen molar-refractivity contribution in [3.05, 3.63) is 108 Å². The Balaban J connectivity index is 1.46. The number of benzene rings is 4. The first-order valence-electron chi connectivity index (χ1n) is 10.8. The van der Waals surface area contributed by atoms with Crippen molar-refractivity contribution in [3.63, 3.8) is 0 Å². The van der Waals surface area contributed by atoms with Gasteiger partial charge in [-0.1, -0.05) is 54.6 Å². The number of para-hydroxylation sites is 1. The molecule has 5 nitrogen and oxygen atoms in total. The van der Waals surface area contributed by atoms with E-state index < -0.39 is 11.5 Å². The van der Waals surface area contributed by atoms with E-state index in [1.807, 2.05) is 54.6 Å². The number of anilines is 1. The molecule has 4 aromatic carbocycles. The van der Waals surface area contributed by atoms with Crippen molar-refractivity contribution in [2.45, 2.75) is 18.6 Å². The van der Waals surface area contributed by atoms with E-state index in [0.29, 0.717) is 29.1 Å². The number of carbonyl (C=O) groups excluding carboxylic acids is 2. The number of hydrogen-bond donors (Lipinski definition) is 1. The van der Waals surface area contributed by atoms with E-state index in [1.54, 1.807) is 48.4 Å². The van der Waals surface area contributed by atoms with Gasteiger partial charge in [-0.05, 0) is 52.7 Å². The predicted molar refractivity (Wildman–Crippen MR) is 127 cm³/mol. The molecule has 1 heterocycles. The van der Waals surface area contributed by atoms with Crippen molar-refractivity contribution in [2.24, 2.45) is 0 Å². The van der Waals surface area contributed by atoms with Crippen LogP contribution in [0.5, 0.6) is 5.75 Å². The Morgan fingerprint density at radius 1 is 0.909 bits per heavy atom. The first-order chi connectivity index (χ1) is 16.0. The van der Waals surface area contributed by atoms with Gasteiger partial charge >= 0.3 is 0 Å². The first kappa shape index (κ1) is 20.9. The zero-order chi connectivity index (χ0) is 23.0. The highest BCUT2D eigenvalue weighted by molar-refractivity contribution is 6.10. The molecule has 0 aromatic heterocycles. The SMILES string of the molecule is COc1ccc(C(=O)CC2(O)C(=O)N(Cc3ccc4ccccc4c3)c3ccccc32)cc1. The lowest BCUT2D eigenvalue weighted by Gasteiger charge is -2.23. The Bertz CT molecular complexity index is 1360. The lowest BCUT2D eigenvalue weighted by atomic mass is 9.88. The molecule has 1 N–H and O–H groups in total. The van der Waals surface area contributed by atoms with Gasteiger partial charge in [-0.15, -0.1) is 0 Å². The molecule has 0 aliphatic carbocycles. The quantitative estimate of drug-likeness (QED) is 0.438. The van der Waals surface area contributed by atoms with Crippen LogP contribution in [0.2, 0.25) is 0 Å². The van der Waals surface area contributed by atoms with Crippen LogP contribution < -0.4 is 9.64 Å². The molecule has 164 valence electrons. The fourth-order valence-corrected chi connectivity index (χ4v) is 4.47. The van der Waals surface area contributed by atoms with Crippen LogP contribution in [0.1, 0.15) is 27.9 Å². The molecule has 1 aliphatic rings. The smallest absolute Gasteiger partial charge is 0.264 e. The van der Waals surface area contributed by atoms with E-state index in [9.17, 15) is 14.7 Å². The lowest BCUT2D eigenvalue weighted by molar-refractivity contribution is -0.136. The summed E-state index contributed by atoms with van der Waals surface area (Å²) in [4.78, 5) is 28.1. The zero-order valence-corrected chi connectivity index (χ0v) is 18.2. The standard InChI is InChI=1S/C28H23NO4/c1-33-23-14-12-21(13-15-23)26(30)17-28(32)24-8-4-5-9-25(24)29(27(28)31)18-19-10-11-20-6-2-3-7-22(20)16-19/h2-16,32H,17-18H2,1H3. The van der Waals surface area contributed by atoms with Crippen molar-refractivity contribution in [3.8, 4) is 5.75 Å². The number of hydrogen-bond acceptors (Lipinski definition) is 4. The van der Waals surface area contributed by atoms with Gasteiger partial charge in [0.25, 0.3) is 5.91 Å². The topological polar surface area (TPSA) is 66.8 Å². The largest absolute Gasteiger partial charge is 0.497 e. The minimum Gasteiger partial charge on any atom is -0.497 e. The summed E-state index contributed by atoms with van der Waals surface area (Å²) in [6, 6.07) is 27.9. The third kappa shape index (κ3) is 3.66. The summed E-state index contributed by atoms with van der Waals surface area (Å²) in [7, 11) is 1.55. The molecule has 1 amide bonds. The number of Topliss-reactive ketones (excluding diaryl/α,β-unsaturated/α-hetero) is 1. The van der Waals surface area contributed by atoms with Crippen LogP contribution >= 0.6 is 0 Å². The number of methoxy groups -OCH3 is 1. The van der Waals surface area contributed by atoms with Crippen LogP contribution in [0, 0.1) is 0 Å². The van der Waals surface area contributed by atoms with Crippen LogP contribution in [0.15, 0.2) is 91.0 Å². The van der Waals surface area contributed by atoms with Crippen molar-refractivity contribution < 1.29 is 19.4 Å². The van der Waals surface area contributed by atoms with E-state index in [1.165, 1.54) is 0 Å². The molecule has 33 heavy (non-hydrogen) atoms. The molecular weight excluding hydrogens is 414 g/mol. The average molecular weight is 437 g/mol. The molecule has 0 spiro atoms. The number of aliphatic hydroxyl groups is 1. The maximum Gasteiger partial charge on any atom is 0.264 e. The number of fused-ring (bicyclic) bond motifs is 2. The maximum atomic E-state index is 13.5. The Labute approximate surface area is 191 Å². The Morgan fingerprint density at radius 2 is 1.61 bits per heavy atom. The molecule has 0 radical (unpaired) electrons. The van der Waals surface area contributed by atoms with Crippen LogP contribution in [-0.4, -0.2) is 23.9 Å². The molecule has 1 atom stereocenters. The van der Waals surface area contributed by atoms with Gasteiger partial charge in [-0.2, -0.15) is 0 Å². The van der Waals surface area contributed by atoms with E-state index in [2.05, 4.69) is 0 Å². The molecule has 0 fully saturated rings. The van der Waals surface area contributed by atoms with E-state index in [-0.39, 0.29) is 12.2 Å². The van der Waals surface area contributed by atoms with Crippen molar-refractivity contribution >= 4 is 28.2 Å². The van der Waals surface area contributed by atoms with Crippen LogP contribution in [-0.2, 0) is 16.9 Å². The fourth-order valence-electron chi connectivity index (χ4n) is 4.47. The molecule has 1 unspecified atom stereocenters. The van der Waals surface area contributed by atoms with Crippen LogP contribution in [0.3, 0.4) is 0 Å². The second kappa shape index (κ2) is 8.19. The number of rotatable bonds is 6. The first-order valence-corrected chi connectivity index (χ1v) is 10.8. The molecule has 4 aromatic rings. The summed E-state index contributed by atoms with van der Waals surface area (Å²) in [5.74, 6) is -0.163. The molecular formula is C28H23NO4. The van der Waals surface area contributed by atoms with E-state index in [0.717, 1.165) is 16.3 Å². The van der Waals surface area contributed by atoms with Gasteiger partial charge in [0.05, 0.1) is 25.8 Å². The third-order valence-corrected chi connectivity index (χ3v) is 6.22. The monoisotopic (exact) mass is 437 g/mol. The van der Waals surface area contributed by atoms with Gasteiger partial charge in [0.1, 0.15) is 5.75 Å². The van der Waals surface area contributed by atoms with Gasteiger partial charge in [-0.25, -0.2) is 0 Å². The Morgan fingerprint density at radius 3 is 2.36 bits per heavy atom. The van der Waals surface area contributed by atoms with Gasteiger partial charge < -0.3 is 14.7 Å². The maximum absolute atomic E-state index is 13.5. The number of amides is 1. The molecule has 0 bridgehead atoms. The summed E-state index contributed by atoms with van der Waals surface area (Å²) >= 11 is 0. The van der Waals surface area contributed by atoms with Gasteiger partial charge in [0.2, 0.25) is 0 Å².